The standard InChI is InChI=1S/C21H22F3N3O2/c1-2-4-18(15-5-3-6-16(13-15)21(22,23)24)26-19(28)14-7-9-17(10-8-14)27-12-11-25-20(27)29/h3,5-10,13,18H,2,4,11-12H2,1H3,(H,25,29)(H,26,28). The zero-order chi connectivity index (χ0) is 21.0. The van der Waals surface area contributed by atoms with Crippen molar-refractivity contribution in [3.8, 4) is 0 Å². The Morgan fingerprint density at radius 2 is 1.93 bits per heavy atom. The number of hydrogen-bond acceptors (Lipinski definition) is 2. The zero-order valence-electron chi connectivity index (χ0n) is 15.9. The first kappa shape index (κ1) is 20.7. The number of nitrogens with one attached hydrogen (secondary N) is 2. The van der Waals surface area contributed by atoms with Crippen LogP contribution < -0.4 is 15.5 Å². The van der Waals surface area contributed by atoms with Gasteiger partial charge in [-0.3, -0.25) is 9.69 Å². The first-order valence-electron chi connectivity index (χ1n) is 9.43. The van der Waals surface area contributed by atoms with E-state index in [2.05, 4.69) is 10.6 Å². The lowest BCUT2D eigenvalue weighted by Crippen LogP contribution is -2.29. The number of alkyl halides is 3. The molecular formula is C21H22F3N3O2. The van der Waals surface area contributed by atoms with Gasteiger partial charge < -0.3 is 10.6 Å². The number of hydrogen-bond donors (Lipinski definition) is 2. The Bertz CT molecular complexity index is 881. The van der Waals surface area contributed by atoms with E-state index >= 15 is 0 Å². The van der Waals surface area contributed by atoms with Crippen molar-refractivity contribution < 1.29 is 22.8 Å². The van der Waals surface area contributed by atoms with Gasteiger partial charge in [-0.1, -0.05) is 25.5 Å². The predicted octanol–water partition coefficient (Wildman–Crippen LogP) is 4.51. The van der Waals surface area contributed by atoms with Crippen LogP contribution in [0.3, 0.4) is 0 Å². The van der Waals surface area contributed by atoms with Crippen LogP contribution in [0.2, 0.25) is 0 Å². The van der Waals surface area contributed by atoms with E-state index in [4.69, 9.17) is 0 Å². The van der Waals surface area contributed by atoms with Gasteiger partial charge in [0.1, 0.15) is 0 Å². The number of carbonyl (C=O) groups excluding carboxylic acids is 2. The van der Waals surface area contributed by atoms with Gasteiger partial charge in [-0.2, -0.15) is 13.2 Å². The summed E-state index contributed by atoms with van der Waals surface area (Å²) in [4.78, 5) is 26.0. The first-order chi connectivity index (χ1) is 13.8. The molecule has 29 heavy (non-hydrogen) atoms. The van der Waals surface area contributed by atoms with Crippen molar-refractivity contribution in [2.75, 3.05) is 18.0 Å². The molecule has 1 aliphatic rings. The maximum Gasteiger partial charge on any atom is 0.416 e. The van der Waals surface area contributed by atoms with E-state index in [0.29, 0.717) is 42.7 Å². The number of halogens is 3. The van der Waals surface area contributed by atoms with Crippen LogP contribution in [-0.4, -0.2) is 25.0 Å². The molecule has 0 saturated carbocycles. The number of amides is 3. The molecule has 1 fully saturated rings. The second-order valence-electron chi connectivity index (χ2n) is 6.87. The normalized spacial score (nSPS) is 15.2. The summed E-state index contributed by atoms with van der Waals surface area (Å²) in [7, 11) is 0. The van der Waals surface area contributed by atoms with E-state index in [-0.39, 0.29) is 11.9 Å². The number of carbonyl (C=O) groups is 2. The van der Waals surface area contributed by atoms with Crippen LogP contribution in [0.1, 0.15) is 47.3 Å². The summed E-state index contributed by atoms with van der Waals surface area (Å²) in [6.07, 6.45) is -3.22. The zero-order valence-corrected chi connectivity index (χ0v) is 15.9. The molecule has 0 aromatic heterocycles. The van der Waals surface area contributed by atoms with Crippen molar-refractivity contribution in [3.05, 3.63) is 65.2 Å². The summed E-state index contributed by atoms with van der Waals surface area (Å²) >= 11 is 0. The van der Waals surface area contributed by atoms with Crippen LogP contribution >= 0.6 is 0 Å². The molecule has 1 unspecified atom stereocenters. The smallest absolute Gasteiger partial charge is 0.345 e. The summed E-state index contributed by atoms with van der Waals surface area (Å²) < 4.78 is 39.1. The van der Waals surface area contributed by atoms with Crippen molar-refractivity contribution in [2.45, 2.75) is 32.0 Å². The van der Waals surface area contributed by atoms with Crippen molar-refractivity contribution in [3.63, 3.8) is 0 Å². The average molecular weight is 405 g/mol. The predicted molar refractivity (Wildman–Crippen MR) is 104 cm³/mol. The minimum Gasteiger partial charge on any atom is -0.345 e. The Kier molecular flexibility index (Phi) is 6.10. The van der Waals surface area contributed by atoms with E-state index < -0.39 is 17.8 Å². The monoisotopic (exact) mass is 405 g/mol. The number of urea groups is 1. The molecule has 2 N–H and O–H groups in total. The van der Waals surface area contributed by atoms with Crippen LogP contribution in [0, 0.1) is 0 Å². The quantitative estimate of drug-likeness (QED) is 0.743. The van der Waals surface area contributed by atoms with Crippen molar-refractivity contribution in [2.24, 2.45) is 0 Å². The summed E-state index contributed by atoms with van der Waals surface area (Å²) in [5.74, 6) is -0.377. The fourth-order valence-electron chi connectivity index (χ4n) is 3.29. The molecule has 2 aromatic rings. The van der Waals surface area contributed by atoms with Gasteiger partial charge in [0.25, 0.3) is 5.91 Å². The fraction of sp³-hybridized carbons (Fsp3) is 0.333. The van der Waals surface area contributed by atoms with Crippen LogP contribution in [-0.2, 0) is 6.18 Å². The Morgan fingerprint density at radius 3 is 2.52 bits per heavy atom. The molecule has 1 saturated heterocycles. The Morgan fingerprint density at radius 1 is 1.21 bits per heavy atom. The lowest BCUT2D eigenvalue weighted by atomic mass is 9.99. The number of nitrogens with zero attached hydrogens (tertiary/aromatic N) is 1. The molecule has 154 valence electrons. The molecule has 0 aliphatic carbocycles. The van der Waals surface area contributed by atoms with Gasteiger partial charge in [0, 0.05) is 24.3 Å². The molecule has 3 rings (SSSR count). The van der Waals surface area contributed by atoms with Gasteiger partial charge in [0.05, 0.1) is 11.6 Å². The fourth-order valence-corrected chi connectivity index (χ4v) is 3.29. The van der Waals surface area contributed by atoms with Gasteiger partial charge in [-0.15, -0.1) is 0 Å². The minimum atomic E-state index is -4.44. The van der Waals surface area contributed by atoms with Crippen molar-refractivity contribution >= 4 is 17.6 Å². The van der Waals surface area contributed by atoms with Gasteiger partial charge in [-0.25, -0.2) is 4.79 Å². The van der Waals surface area contributed by atoms with E-state index in [1.807, 2.05) is 6.92 Å². The molecule has 1 heterocycles. The third-order valence-electron chi connectivity index (χ3n) is 4.80. The first-order valence-corrected chi connectivity index (χ1v) is 9.43. The highest BCUT2D eigenvalue weighted by molar-refractivity contribution is 5.97. The average Bonchev–Trinajstić information content (AvgIpc) is 3.13. The molecule has 2 aromatic carbocycles. The molecule has 5 nitrogen and oxygen atoms in total. The number of anilines is 1. The molecular weight excluding hydrogens is 383 g/mol. The summed E-state index contributed by atoms with van der Waals surface area (Å²) in [6.45, 7) is 3.03. The maximum atomic E-state index is 13.0. The SMILES string of the molecule is CCCC(NC(=O)c1ccc(N2CCNC2=O)cc1)c1cccc(C(F)(F)F)c1. The third-order valence-corrected chi connectivity index (χ3v) is 4.80. The lowest BCUT2D eigenvalue weighted by molar-refractivity contribution is -0.137. The second kappa shape index (κ2) is 8.55. The van der Waals surface area contributed by atoms with Crippen molar-refractivity contribution in [1.82, 2.24) is 10.6 Å². The molecule has 1 atom stereocenters. The minimum absolute atomic E-state index is 0.185. The van der Waals surface area contributed by atoms with E-state index in [1.54, 1.807) is 35.2 Å². The largest absolute Gasteiger partial charge is 0.416 e. The Balaban J connectivity index is 1.75. The van der Waals surface area contributed by atoms with Crippen LogP contribution in [0.15, 0.2) is 48.5 Å². The number of benzene rings is 2. The molecule has 0 bridgehead atoms. The highest BCUT2D eigenvalue weighted by atomic mass is 19.4. The van der Waals surface area contributed by atoms with Gasteiger partial charge >= 0.3 is 12.2 Å². The maximum absolute atomic E-state index is 13.0. The van der Waals surface area contributed by atoms with Gasteiger partial charge in [-0.05, 0) is 48.4 Å². The van der Waals surface area contributed by atoms with Crippen LogP contribution in [0.25, 0.3) is 0 Å². The van der Waals surface area contributed by atoms with Crippen molar-refractivity contribution in [1.29, 1.82) is 0 Å². The summed E-state index contributed by atoms with van der Waals surface area (Å²) in [5, 5.41) is 5.53. The highest BCUT2D eigenvalue weighted by Crippen LogP contribution is 2.31. The second-order valence-corrected chi connectivity index (χ2v) is 6.87. The molecule has 0 spiro atoms. The molecule has 1 aliphatic heterocycles. The number of rotatable bonds is 6. The van der Waals surface area contributed by atoms with E-state index in [1.165, 1.54) is 6.07 Å². The van der Waals surface area contributed by atoms with E-state index in [0.717, 1.165) is 12.1 Å². The topological polar surface area (TPSA) is 61.4 Å². The lowest BCUT2D eigenvalue weighted by Gasteiger charge is -2.20. The molecule has 3 amide bonds. The Labute approximate surface area is 166 Å². The van der Waals surface area contributed by atoms with Gasteiger partial charge in [0.15, 0.2) is 0 Å². The third kappa shape index (κ3) is 4.88. The molecule has 8 heteroatoms. The summed E-state index contributed by atoms with van der Waals surface area (Å²) in [5.41, 5.74) is 0.736. The molecule has 0 radical (unpaired) electrons. The van der Waals surface area contributed by atoms with Gasteiger partial charge in [0.2, 0.25) is 0 Å². The highest BCUT2D eigenvalue weighted by Gasteiger charge is 2.31. The van der Waals surface area contributed by atoms with Crippen LogP contribution in [0.4, 0.5) is 23.7 Å². The van der Waals surface area contributed by atoms with E-state index in [9.17, 15) is 22.8 Å². The Hall–Kier alpha value is -3.03. The summed E-state index contributed by atoms with van der Waals surface area (Å²) in [6, 6.07) is 10.9. The van der Waals surface area contributed by atoms with Crippen LogP contribution in [0.5, 0.6) is 0 Å².